The fraction of sp³-hybridized carbons (Fsp3) is 0.552. The van der Waals surface area contributed by atoms with Crippen LogP contribution in [-0.2, 0) is 6.42 Å². The molecule has 0 aliphatic carbocycles. The number of nitrogens with zero attached hydrogens (tertiary/aromatic N) is 5. The summed E-state index contributed by atoms with van der Waals surface area (Å²) in [5, 5.41) is 14.4. The second kappa shape index (κ2) is 9.31. The molecule has 8 nitrogen and oxygen atoms in total. The van der Waals surface area contributed by atoms with Gasteiger partial charge in [0.1, 0.15) is 29.4 Å². The summed E-state index contributed by atoms with van der Waals surface area (Å²) in [6.07, 6.45) is 9.27. The van der Waals surface area contributed by atoms with E-state index in [1.165, 1.54) is 12.8 Å². The van der Waals surface area contributed by atoms with Crippen molar-refractivity contribution in [2.24, 2.45) is 0 Å². The van der Waals surface area contributed by atoms with E-state index in [0.717, 1.165) is 57.4 Å². The zero-order valence-corrected chi connectivity index (χ0v) is 21.9. The molecule has 2 bridgehead atoms. The van der Waals surface area contributed by atoms with Crippen LogP contribution in [0.4, 0.5) is 10.2 Å². The molecule has 2 N–H and O–H groups in total. The number of fused-ring (bicyclic) bond motifs is 4. The first-order valence-electron chi connectivity index (χ1n) is 14.1. The Hall–Kier alpha value is -3.04. The summed E-state index contributed by atoms with van der Waals surface area (Å²) in [6.45, 7) is 6.39. The van der Waals surface area contributed by atoms with Crippen LogP contribution in [0.3, 0.4) is 0 Å². The maximum atomic E-state index is 16.3. The van der Waals surface area contributed by atoms with Gasteiger partial charge in [0.05, 0.1) is 10.9 Å². The second-order valence-electron chi connectivity index (χ2n) is 11.5. The van der Waals surface area contributed by atoms with E-state index in [1.54, 1.807) is 18.3 Å². The quantitative estimate of drug-likeness (QED) is 0.506. The molecule has 6 heterocycles. The molecule has 0 amide bonds. The summed E-state index contributed by atoms with van der Waals surface area (Å²) >= 11 is 0. The Morgan fingerprint density at radius 3 is 2.63 bits per heavy atom. The van der Waals surface area contributed by atoms with Crippen LogP contribution in [0.25, 0.3) is 22.2 Å². The molecule has 0 spiro atoms. The third-order valence-electron chi connectivity index (χ3n) is 9.17. The van der Waals surface area contributed by atoms with Crippen molar-refractivity contribution in [3.63, 3.8) is 0 Å². The lowest BCUT2D eigenvalue weighted by molar-refractivity contribution is 0.108. The highest BCUT2D eigenvalue weighted by atomic mass is 19.1. The van der Waals surface area contributed by atoms with Gasteiger partial charge in [0, 0.05) is 36.9 Å². The van der Waals surface area contributed by atoms with Crippen molar-refractivity contribution >= 4 is 16.7 Å². The number of hydrogen-bond acceptors (Lipinski definition) is 8. The molecular weight excluding hydrogens is 483 g/mol. The molecule has 2 atom stereocenters. The Kier molecular flexibility index (Phi) is 5.89. The number of anilines is 1. The average molecular weight is 519 g/mol. The molecule has 0 radical (unpaired) electrons. The van der Waals surface area contributed by atoms with E-state index in [0.29, 0.717) is 41.9 Å². The van der Waals surface area contributed by atoms with Gasteiger partial charge >= 0.3 is 6.01 Å². The van der Waals surface area contributed by atoms with E-state index in [1.807, 2.05) is 13.0 Å². The van der Waals surface area contributed by atoms with E-state index in [-0.39, 0.29) is 28.5 Å². The standard InChI is InChI=1S/C29H35FN6O2/c1-2-18-5-8-21(37)13-22(18)25-24(30)26-23(14-31-25)27(35-15-19-6-7-20(16-35)32-19)34-28(33-26)38-17-29-9-3-11-36(29)12-4-10-29/h5,8,13-14,19-20,32,37H,2-4,6-7,9-12,15-17H2,1H3/t19-,20+. The minimum atomic E-state index is -0.504. The number of benzene rings is 1. The molecule has 4 saturated heterocycles. The van der Waals surface area contributed by atoms with Gasteiger partial charge < -0.3 is 20.1 Å². The maximum absolute atomic E-state index is 16.3. The molecule has 0 unspecified atom stereocenters. The Bertz CT molecular complexity index is 1360. The number of halogens is 1. The fourth-order valence-electron chi connectivity index (χ4n) is 7.24. The Balaban J connectivity index is 1.32. The molecule has 4 aliphatic heterocycles. The van der Waals surface area contributed by atoms with E-state index in [4.69, 9.17) is 9.72 Å². The van der Waals surface area contributed by atoms with Gasteiger partial charge in [0.25, 0.3) is 0 Å². The molecule has 4 aliphatic rings. The molecule has 1 aromatic carbocycles. The highest BCUT2D eigenvalue weighted by molar-refractivity contribution is 5.92. The van der Waals surface area contributed by atoms with Crippen molar-refractivity contribution in [3.05, 3.63) is 35.8 Å². The number of piperazine rings is 1. The van der Waals surface area contributed by atoms with Crippen LogP contribution >= 0.6 is 0 Å². The highest BCUT2D eigenvalue weighted by Gasteiger charge is 2.45. The van der Waals surface area contributed by atoms with Gasteiger partial charge in [-0.15, -0.1) is 0 Å². The van der Waals surface area contributed by atoms with Gasteiger partial charge in [-0.05, 0) is 75.7 Å². The zero-order chi connectivity index (χ0) is 25.9. The van der Waals surface area contributed by atoms with Gasteiger partial charge in [-0.25, -0.2) is 4.39 Å². The first-order chi connectivity index (χ1) is 18.5. The van der Waals surface area contributed by atoms with E-state index < -0.39 is 5.82 Å². The number of aryl methyl sites for hydroxylation is 1. The molecule has 200 valence electrons. The summed E-state index contributed by atoms with van der Waals surface area (Å²) in [5.74, 6) is 0.273. The predicted octanol–water partition coefficient (Wildman–Crippen LogP) is 4.05. The lowest BCUT2D eigenvalue weighted by atomic mass is 9.95. The minimum absolute atomic E-state index is 0.0478. The normalized spacial score (nSPS) is 24.3. The van der Waals surface area contributed by atoms with Crippen LogP contribution in [0, 0.1) is 5.82 Å². The van der Waals surface area contributed by atoms with Crippen molar-refractivity contribution in [3.8, 4) is 23.0 Å². The van der Waals surface area contributed by atoms with Gasteiger partial charge in [0.2, 0.25) is 0 Å². The molecule has 0 saturated carbocycles. The van der Waals surface area contributed by atoms with E-state index in [9.17, 15) is 5.11 Å². The second-order valence-corrected chi connectivity index (χ2v) is 11.5. The summed E-state index contributed by atoms with van der Waals surface area (Å²) < 4.78 is 22.7. The van der Waals surface area contributed by atoms with Gasteiger partial charge in [0.15, 0.2) is 5.82 Å². The maximum Gasteiger partial charge on any atom is 0.319 e. The minimum Gasteiger partial charge on any atom is -0.508 e. The largest absolute Gasteiger partial charge is 0.508 e. The number of hydrogen-bond donors (Lipinski definition) is 2. The summed E-state index contributed by atoms with van der Waals surface area (Å²) in [6, 6.07) is 6.07. The fourth-order valence-corrected chi connectivity index (χ4v) is 7.24. The molecule has 7 rings (SSSR count). The monoisotopic (exact) mass is 518 g/mol. The van der Waals surface area contributed by atoms with E-state index >= 15 is 4.39 Å². The third kappa shape index (κ3) is 3.98. The molecule has 4 fully saturated rings. The number of phenols is 1. The van der Waals surface area contributed by atoms with Gasteiger partial charge in [-0.1, -0.05) is 13.0 Å². The number of nitrogens with one attached hydrogen (secondary N) is 1. The van der Waals surface area contributed by atoms with Crippen molar-refractivity contribution in [2.45, 2.75) is 69.5 Å². The summed E-state index contributed by atoms with van der Waals surface area (Å²) in [5.41, 5.74) is 1.96. The summed E-state index contributed by atoms with van der Waals surface area (Å²) in [4.78, 5) is 18.9. The lowest BCUT2D eigenvalue weighted by Crippen LogP contribution is -2.51. The highest BCUT2D eigenvalue weighted by Crippen LogP contribution is 2.40. The van der Waals surface area contributed by atoms with Crippen molar-refractivity contribution in [1.82, 2.24) is 25.2 Å². The first-order valence-corrected chi connectivity index (χ1v) is 14.1. The number of aromatic nitrogens is 3. The van der Waals surface area contributed by atoms with Crippen LogP contribution < -0.4 is 15.0 Å². The molecule has 2 aromatic heterocycles. The number of aromatic hydroxyl groups is 1. The third-order valence-corrected chi connectivity index (χ3v) is 9.17. The van der Waals surface area contributed by atoms with Crippen LogP contribution in [0.15, 0.2) is 24.4 Å². The van der Waals surface area contributed by atoms with Crippen LogP contribution in [0.5, 0.6) is 11.8 Å². The van der Waals surface area contributed by atoms with Crippen LogP contribution in [0.1, 0.15) is 51.0 Å². The van der Waals surface area contributed by atoms with Gasteiger partial charge in [-0.2, -0.15) is 9.97 Å². The van der Waals surface area contributed by atoms with Gasteiger partial charge in [-0.3, -0.25) is 9.88 Å². The summed E-state index contributed by atoms with van der Waals surface area (Å²) in [7, 11) is 0. The molecule has 9 heteroatoms. The predicted molar refractivity (Wildman–Crippen MR) is 144 cm³/mol. The van der Waals surface area contributed by atoms with E-state index in [2.05, 4.69) is 25.1 Å². The number of pyridine rings is 1. The smallest absolute Gasteiger partial charge is 0.319 e. The first kappa shape index (κ1) is 24.0. The Morgan fingerprint density at radius 2 is 1.89 bits per heavy atom. The molecule has 3 aromatic rings. The van der Waals surface area contributed by atoms with Crippen molar-refractivity contribution in [2.75, 3.05) is 37.7 Å². The zero-order valence-electron chi connectivity index (χ0n) is 21.9. The number of phenolic OH excluding ortho intramolecular Hbond substituents is 1. The number of ether oxygens (including phenoxy) is 1. The Labute approximate surface area is 222 Å². The SMILES string of the molecule is CCc1ccc(O)cc1-c1ncc2c(N3C[C@H]4CC[C@@H](C3)N4)nc(OCC34CCCN3CCC4)nc2c1F. The lowest BCUT2D eigenvalue weighted by Gasteiger charge is -2.34. The van der Waals surface area contributed by atoms with Crippen molar-refractivity contribution in [1.29, 1.82) is 0 Å². The molecular formula is C29H35FN6O2. The average Bonchev–Trinajstić information content (AvgIpc) is 3.61. The Morgan fingerprint density at radius 1 is 1.13 bits per heavy atom. The molecule has 38 heavy (non-hydrogen) atoms. The number of rotatable bonds is 6. The van der Waals surface area contributed by atoms with Crippen molar-refractivity contribution < 1.29 is 14.2 Å². The van der Waals surface area contributed by atoms with Crippen LogP contribution in [0.2, 0.25) is 0 Å². The topological polar surface area (TPSA) is 86.6 Å². The van der Waals surface area contributed by atoms with Crippen LogP contribution in [-0.4, -0.2) is 75.4 Å².